The Morgan fingerprint density at radius 2 is 1.67 bits per heavy atom. The molecule has 0 amide bonds. The fourth-order valence-corrected chi connectivity index (χ4v) is 5.23. The lowest BCUT2D eigenvalue weighted by Gasteiger charge is -2.11. The summed E-state index contributed by atoms with van der Waals surface area (Å²) < 4.78 is 44.2. The molecule has 0 bridgehead atoms. The minimum Gasteiger partial charge on any atom is -0.497 e. The van der Waals surface area contributed by atoms with Crippen LogP contribution in [-0.2, 0) is 10.0 Å². The van der Waals surface area contributed by atoms with E-state index >= 15 is 0 Å². The maximum Gasteiger partial charge on any atom is 0.263 e. The van der Waals surface area contributed by atoms with E-state index in [9.17, 15) is 8.42 Å². The Bertz CT molecular complexity index is 1060. The highest BCUT2D eigenvalue weighted by molar-refractivity contribution is 7.93. The van der Waals surface area contributed by atoms with Crippen LogP contribution in [0.1, 0.15) is 16.1 Å². The molecule has 0 unspecified atom stereocenters. The van der Waals surface area contributed by atoms with Gasteiger partial charge in [-0.25, -0.2) is 8.42 Å². The number of methoxy groups -OCH3 is 2. The Hall–Kier alpha value is -2.52. The van der Waals surface area contributed by atoms with Gasteiger partial charge < -0.3 is 14.0 Å². The van der Waals surface area contributed by atoms with Crippen molar-refractivity contribution in [3.63, 3.8) is 0 Å². The molecule has 2 heterocycles. The van der Waals surface area contributed by atoms with E-state index < -0.39 is 10.0 Å². The predicted octanol–water partition coefficient (Wildman–Crippen LogP) is 4.15. The third-order valence-corrected chi connectivity index (χ3v) is 6.83. The zero-order valence-corrected chi connectivity index (χ0v) is 17.2. The van der Waals surface area contributed by atoms with Gasteiger partial charge in [0, 0.05) is 28.6 Å². The van der Waals surface area contributed by atoms with Crippen LogP contribution in [0.5, 0.6) is 11.5 Å². The van der Waals surface area contributed by atoms with Crippen LogP contribution >= 0.6 is 11.3 Å². The van der Waals surface area contributed by atoms with E-state index in [4.69, 9.17) is 14.0 Å². The van der Waals surface area contributed by atoms with Gasteiger partial charge in [0.15, 0.2) is 5.76 Å². The number of hydrogen-bond acceptors (Lipinski definition) is 7. The van der Waals surface area contributed by atoms with Gasteiger partial charge in [0.1, 0.15) is 16.4 Å². The molecule has 2 aromatic heterocycles. The molecular formula is C18H20N2O5S2. The molecule has 7 nitrogen and oxygen atoms in total. The summed E-state index contributed by atoms with van der Waals surface area (Å²) in [6, 6.07) is 6.45. The van der Waals surface area contributed by atoms with Gasteiger partial charge in [-0.2, -0.15) is 0 Å². The number of aryl methyl sites for hydroxylation is 2. The first-order chi connectivity index (χ1) is 12.7. The smallest absolute Gasteiger partial charge is 0.263 e. The largest absolute Gasteiger partial charge is 0.497 e. The highest BCUT2D eigenvalue weighted by atomic mass is 32.2. The van der Waals surface area contributed by atoms with Crippen LogP contribution in [0, 0.1) is 20.8 Å². The highest BCUT2D eigenvalue weighted by Gasteiger charge is 2.23. The van der Waals surface area contributed by atoms with Crippen LogP contribution in [0.3, 0.4) is 0 Å². The van der Waals surface area contributed by atoms with Gasteiger partial charge >= 0.3 is 0 Å². The number of aromatic nitrogens is 1. The minimum absolute atomic E-state index is 0.192. The Kier molecular flexibility index (Phi) is 5.16. The maximum absolute atomic E-state index is 12.9. The Morgan fingerprint density at radius 3 is 2.19 bits per heavy atom. The number of hydrogen-bond donors (Lipinski definition) is 1. The molecule has 0 aliphatic carbocycles. The average Bonchev–Trinajstić information content (AvgIpc) is 3.17. The molecule has 0 saturated carbocycles. The van der Waals surface area contributed by atoms with Crippen molar-refractivity contribution in [1.29, 1.82) is 0 Å². The number of benzene rings is 1. The summed E-state index contributed by atoms with van der Waals surface area (Å²) in [6.07, 6.45) is 0. The van der Waals surface area contributed by atoms with Crippen LogP contribution in [0.2, 0.25) is 0 Å². The van der Waals surface area contributed by atoms with Gasteiger partial charge in [0.2, 0.25) is 0 Å². The van der Waals surface area contributed by atoms with Crippen molar-refractivity contribution in [2.24, 2.45) is 0 Å². The summed E-state index contributed by atoms with van der Waals surface area (Å²) in [7, 11) is -0.792. The first kappa shape index (κ1) is 19.2. The third-order valence-electron chi connectivity index (χ3n) is 4.15. The van der Waals surface area contributed by atoms with Crippen molar-refractivity contribution in [3.8, 4) is 22.1 Å². The van der Waals surface area contributed by atoms with Crippen molar-refractivity contribution < 1.29 is 22.4 Å². The van der Waals surface area contributed by atoms with Crippen molar-refractivity contribution in [1.82, 2.24) is 5.16 Å². The van der Waals surface area contributed by atoms with Gasteiger partial charge in [-0.3, -0.25) is 4.72 Å². The second-order valence-electron chi connectivity index (χ2n) is 5.96. The quantitative estimate of drug-likeness (QED) is 0.659. The summed E-state index contributed by atoms with van der Waals surface area (Å²) in [6.45, 7) is 5.50. The normalized spacial score (nSPS) is 11.4. The fraction of sp³-hybridized carbons (Fsp3) is 0.278. The average molecular weight is 409 g/mol. The van der Waals surface area contributed by atoms with Crippen molar-refractivity contribution in [2.75, 3.05) is 18.9 Å². The molecule has 1 aromatic carbocycles. The number of nitrogens with one attached hydrogen (secondary N) is 1. The highest BCUT2D eigenvalue weighted by Crippen LogP contribution is 2.37. The molecule has 0 aliphatic heterocycles. The molecule has 3 aromatic rings. The maximum atomic E-state index is 12.9. The summed E-state index contributed by atoms with van der Waals surface area (Å²) >= 11 is 1.35. The molecule has 0 aliphatic rings. The summed E-state index contributed by atoms with van der Waals surface area (Å²) in [4.78, 5) is 1.56. The third kappa shape index (κ3) is 3.79. The monoisotopic (exact) mass is 408 g/mol. The van der Waals surface area contributed by atoms with Gasteiger partial charge in [-0.15, -0.1) is 11.3 Å². The molecule has 3 rings (SSSR count). The second kappa shape index (κ2) is 7.24. The predicted molar refractivity (Wildman–Crippen MR) is 104 cm³/mol. The number of anilines is 1. The second-order valence-corrected chi connectivity index (χ2v) is 8.87. The first-order valence-electron chi connectivity index (χ1n) is 8.04. The van der Waals surface area contributed by atoms with Crippen LogP contribution < -0.4 is 14.2 Å². The zero-order chi connectivity index (χ0) is 19.8. The molecular weight excluding hydrogens is 388 g/mol. The number of ether oxygens (including phenoxy) is 2. The van der Waals surface area contributed by atoms with E-state index in [2.05, 4.69) is 9.88 Å². The van der Waals surface area contributed by atoms with Crippen LogP contribution in [0.4, 0.5) is 5.69 Å². The van der Waals surface area contributed by atoms with Gasteiger partial charge in [-0.05, 0) is 26.8 Å². The van der Waals surface area contributed by atoms with Crippen LogP contribution in [0.25, 0.3) is 10.6 Å². The van der Waals surface area contributed by atoms with Gasteiger partial charge in [0.25, 0.3) is 10.0 Å². The lowest BCUT2D eigenvalue weighted by atomic mass is 10.2. The molecule has 0 saturated heterocycles. The van der Waals surface area contributed by atoms with E-state index in [0.29, 0.717) is 32.7 Å². The molecule has 0 atom stereocenters. The van der Waals surface area contributed by atoms with E-state index in [0.717, 1.165) is 11.3 Å². The zero-order valence-electron chi connectivity index (χ0n) is 15.6. The fourth-order valence-electron chi connectivity index (χ4n) is 2.57. The minimum atomic E-state index is -3.80. The van der Waals surface area contributed by atoms with Crippen molar-refractivity contribution >= 4 is 27.0 Å². The van der Waals surface area contributed by atoms with E-state index in [-0.39, 0.29) is 4.90 Å². The van der Waals surface area contributed by atoms with E-state index in [1.165, 1.54) is 25.6 Å². The molecule has 1 N–H and O–H groups in total. The first-order valence-corrected chi connectivity index (χ1v) is 10.3. The molecule has 144 valence electrons. The SMILES string of the molecule is COc1cc(NS(=O)(=O)c2cc(-c3onc(C)c3C)sc2C)cc(OC)c1. The number of rotatable bonds is 6. The Morgan fingerprint density at radius 1 is 1.04 bits per heavy atom. The lowest BCUT2D eigenvalue weighted by Crippen LogP contribution is -2.13. The van der Waals surface area contributed by atoms with Crippen molar-refractivity contribution in [3.05, 3.63) is 40.4 Å². The molecule has 0 radical (unpaired) electrons. The van der Waals surface area contributed by atoms with Crippen LogP contribution in [-0.4, -0.2) is 27.8 Å². The molecule has 0 spiro atoms. The lowest BCUT2D eigenvalue weighted by molar-refractivity contribution is 0.395. The van der Waals surface area contributed by atoms with Gasteiger partial charge in [0.05, 0.1) is 30.5 Å². The van der Waals surface area contributed by atoms with E-state index in [1.807, 2.05) is 13.8 Å². The Balaban J connectivity index is 1.98. The van der Waals surface area contributed by atoms with E-state index in [1.54, 1.807) is 31.2 Å². The summed E-state index contributed by atoms with van der Waals surface area (Å²) in [5, 5.41) is 3.94. The molecule has 9 heteroatoms. The van der Waals surface area contributed by atoms with Crippen LogP contribution in [0.15, 0.2) is 33.7 Å². The number of nitrogens with zero attached hydrogens (tertiary/aromatic N) is 1. The topological polar surface area (TPSA) is 90.7 Å². The Labute approximate surface area is 162 Å². The summed E-state index contributed by atoms with van der Waals surface area (Å²) in [5.74, 6) is 1.56. The van der Waals surface area contributed by atoms with Gasteiger partial charge in [-0.1, -0.05) is 5.16 Å². The summed E-state index contributed by atoms with van der Waals surface area (Å²) in [5.41, 5.74) is 2.03. The number of sulfonamides is 1. The molecule has 0 fully saturated rings. The van der Waals surface area contributed by atoms with Crippen molar-refractivity contribution in [2.45, 2.75) is 25.7 Å². The molecule has 27 heavy (non-hydrogen) atoms. The number of thiophene rings is 1. The standard InChI is InChI=1S/C18H20N2O5S2/c1-10-11(2)19-25-18(10)16-9-17(12(3)26-16)27(21,22)20-13-6-14(23-4)8-15(7-13)24-5/h6-9,20H,1-5H3.